The summed E-state index contributed by atoms with van der Waals surface area (Å²) in [5, 5.41) is 11.2. The summed E-state index contributed by atoms with van der Waals surface area (Å²) in [5.41, 5.74) is 3.63. The van der Waals surface area contributed by atoms with E-state index in [-0.39, 0.29) is 18.4 Å². The molecule has 7 heteroatoms. The lowest BCUT2D eigenvalue weighted by molar-refractivity contribution is -0.121. The third-order valence-corrected chi connectivity index (χ3v) is 4.22. The van der Waals surface area contributed by atoms with Crippen molar-refractivity contribution < 1.29 is 14.1 Å². The molecule has 3 rings (SSSR count). The quantitative estimate of drug-likeness (QED) is 0.736. The van der Waals surface area contributed by atoms with Crippen LogP contribution >= 0.6 is 0 Å². The molecule has 1 N–H and O–H groups in total. The highest BCUT2D eigenvalue weighted by atomic mass is 16.5. The van der Waals surface area contributed by atoms with Gasteiger partial charge in [0.1, 0.15) is 11.5 Å². The van der Waals surface area contributed by atoms with Crippen LogP contribution in [0.25, 0.3) is 5.69 Å². The fraction of sp³-hybridized carbons (Fsp3) is 0.316. The third-order valence-electron chi connectivity index (χ3n) is 4.22. The second kappa shape index (κ2) is 7.43. The monoisotopic (exact) mass is 354 g/mol. The van der Waals surface area contributed by atoms with E-state index in [1.807, 2.05) is 49.7 Å². The zero-order valence-corrected chi connectivity index (χ0v) is 15.3. The Labute approximate surface area is 151 Å². The number of ether oxygens (including phenoxy) is 1. The number of rotatable bonds is 6. The van der Waals surface area contributed by atoms with Gasteiger partial charge in [-0.3, -0.25) is 4.79 Å². The molecule has 7 nitrogen and oxygen atoms in total. The van der Waals surface area contributed by atoms with E-state index in [4.69, 9.17) is 9.26 Å². The smallest absolute Gasteiger partial charge is 0.228 e. The van der Waals surface area contributed by atoms with E-state index in [0.717, 1.165) is 28.4 Å². The molecule has 1 atom stereocenters. The first-order valence-electron chi connectivity index (χ1n) is 8.38. The molecule has 2 heterocycles. The minimum absolute atomic E-state index is 0.120. The van der Waals surface area contributed by atoms with Crippen molar-refractivity contribution >= 4 is 5.91 Å². The number of hydrogen-bond donors (Lipinski definition) is 1. The van der Waals surface area contributed by atoms with Crippen LogP contribution in [0, 0.1) is 13.8 Å². The summed E-state index contributed by atoms with van der Waals surface area (Å²) in [6.07, 6.45) is 1.94. The number of benzene rings is 1. The Morgan fingerprint density at radius 1 is 1.31 bits per heavy atom. The zero-order chi connectivity index (χ0) is 18.7. The van der Waals surface area contributed by atoms with E-state index in [2.05, 4.69) is 15.6 Å². The number of hydrogen-bond acceptors (Lipinski definition) is 5. The van der Waals surface area contributed by atoms with Crippen molar-refractivity contribution in [3.8, 4) is 11.4 Å². The lowest BCUT2D eigenvalue weighted by Crippen LogP contribution is -2.28. The molecule has 136 valence electrons. The summed E-state index contributed by atoms with van der Waals surface area (Å²) in [4.78, 5) is 12.2. The Morgan fingerprint density at radius 3 is 2.65 bits per heavy atom. The van der Waals surface area contributed by atoms with E-state index < -0.39 is 0 Å². The first kappa shape index (κ1) is 17.7. The minimum Gasteiger partial charge on any atom is -0.497 e. The van der Waals surface area contributed by atoms with Gasteiger partial charge in [0.2, 0.25) is 5.91 Å². The predicted molar refractivity (Wildman–Crippen MR) is 96.4 cm³/mol. The van der Waals surface area contributed by atoms with Gasteiger partial charge in [-0.2, -0.15) is 5.10 Å². The normalized spacial score (nSPS) is 12.0. The van der Waals surface area contributed by atoms with Crippen molar-refractivity contribution in [2.24, 2.45) is 0 Å². The summed E-state index contributed by atoms with van der Waals surface area (Å²) in [7, 11) is 1.64. The van der Waals surface area contributed by atoms with Gasteiger partial charge in [0.25, 0.3) is 0 Å². The molecule has 1 aromatic carbocycles. The van der Waals surface area contributed by atoms with E-state index in [0.29, 0.717) is 5.76 Å². The summed E-state index contributed by atoms with van der Waals surface area (Å²) in [6, 6.07) is 9.26. The Balaban J connectivity index is 1.70. The highest BCUT2D eigenvalue weighted by Crippen LogP contribution is 2.21. The van der Waals surface area contributed by atoms with Crippen LogP contribution in [0.4, 0.5) is 0 Å². The van der Waals surface area contributed by atoms with Gasteiger partial charge in [0.15, 0.2) is 0 Å². The van der Waals surface area contributed by atoms with Crippen LogP contribution in [0.15, 0.2) is 41.1 Å². The highest BCUT2D eigenvalue weighted by molar-refractivity contribution is 5.78. The zero-order valence-electron chi connectivity index (χ0n) is 15.3. The second-order valence-corrected chi connectivity index (χ2v) is 6.20. The summed E-state index contributed by atoms with van der Waals surface area (Å²) in [5.74, 6) is 1.23. The first-order valence-corrected chi connectivity index (χ1v) is 8.38. The maximum Gasteiger partial charge on any atom is 0.228 e. The summed E-state index contributed by atoms with van der Waals surface area (Å²) in [6.45, 7) is 5.74. The molecular weight excluding hydrogens is 332 g/mol. The number of nitrogens with one attached hydrogen (secondary N) is 1. The Hall–Kier alpha value is -3.09. The number of methoxy groups -OCH3 is 1. The summed E-state index contributed by atoms with van der Waals surface area (Å²) >= 11 is 0. The largest absolute Gasteiger partial charge is 0.497 e. The molecule has 0 saturated heterocycles. The molecule has 0 unspecified atom stereocenters. The number of carbonyl (C=O) groups is 1. The van der Waals surface area contributed by atoms with Crippen LogP contribution in [0.1, 0.15) is 35.7 Å². The van der Waals surface area contributed by atoms with Crippen molar-refractivity contribution in [1.82, 2.24) is 20.3 Å². The number of carbonyl (C=O) groups excluding carboxylic acids is 1. The van der Waals surface area contributed by atoms with E-state index in [1.165, 1.54) is 0 Å². The van der Waals surface area contributed by atoms with Crippen LogP contribution in [-0.2, 0) is 11.2 Å². The first-order chi connectivity index (χ1) is 12.5. The molecule has 2 aromatic heterocycles. The lowest BCUT2D eigenvalue weighted by Gasteiger charge is -2.14. The molecule has 0 saturated carbocycles. The molecule has 0 aliphatic carbocycles. The Bertz CT molecular complexity index is 896. The van der Waals surface area contributed by atoms with Gasteiger partial charge < -0.3 is 14.6 Å². The fourth-order valence-corrected chi connectivity index (χ4v) is 2.86. The molecule has 26 heavy (non-hydrogen) atoms. The topological polar surface area (TPSA) is 82.2 Å². The van der Waals surface area contributed by atoms with Crippen LogP contribution in [-0.4, -0.2) is 28.0 Å². The minimum atomic E-state index is -0.168. The Morgan fingerprint density at radius 2 is 2.04 bits per heavy atom. The second-order valence-electron chi connectivity index (χ2n) is 6.20. The molecule has 1 amide bonds. The molecule has 0 aliphatic rings. The van der Waals surface area contributed by atoms with Gasteiger partial charge in [-0.15, -0.1) is 0 Å². The maximum atomic E-state index is 12.2. The van der Waals surface area contributed by atoms with Crippen LogP contribution in [0.5, 0.6) is 5.75 Å². The average Bonchev–Trinajstić information content (AvgIpc) is 3.20. The van der Waals surface area contributed by atoms with Gasteiger partial charge in [-0.25, -0.2) is 4.68 Å². The number of aryl methyl sites for hydroxylation is 1. The van der Waals surface area contributed by atoms with Gasteiger partial charge in [0, 0.05) is 17.3 Å². The molecule has 0 spiro atoms. The van der Waals surface area contributed by atoms with Gasteiger partial charge in [0.05, 0.1) is 37.2 Å². The predicted octanol–water partition coefficient (Wildman–Crippen LogP) is 2.91. The molecule has 0 bridgehead atoms. The van der Waals surface area contributed by atoms with Crippen molar-refractivity contribution in [2.45, 2.75) is 33.2 Å². The molecule has 0 radical (unpaired) electrons. The maximum absolute atomic E-state index is 12.2. The van der Waals surface area contributed by atoms with Gasteiger partial charge in [-0.05, 0) is 45.0 Å². The van der Waals surface area contributed by atoms with Crippen molar-refractivity contribution in [3.05, 3.63) is 59.2 Å². The highest BCUT2D eigenvalue weighted by Gasteiger charge is 2.17. The molecular formula is C19H22N4O3. The van der Waals surface area contributed by atoms with Gasteiger partial charge in [-0.1, -0.05) is 5.16 Å². The summed E-state index contributed by atoms with van der Waals surface area (Å²) < 4.78 is 12.1. The Kier molecular flexibility index (Phi) is 5.06. The standard InChI is InChI=1S/C19H22N4O3/c1-12-9-17(26-22-12)10-19(24)21-13(2)18-11-20-23(14(18)3)15-5-7-16(25-4)8-6-15/h5-9,11,13H,10H2,1-4H3,(H,21,24)/t13-/m1/s1. The third kappa shape index (κ3) is 3.77. The molecule has 0 aliphatic heterocycles. The van der Waals surface area contributed by atoms with Crippen LogP contribution < -0.4 is 10.1 Å². The lowest BCUT2D eigenvalue weighted by atomic mass is 10.1. The van der Waals surface area contributed by atoms with Crippen molar-refractivity contribution in [3.63, 3.8) is 0 Å². The van der Waals surface area contributed by atoms with Crippen LogP contribution in [0.3, 0.4) is 0 Å². The number of amides is 1. The fourth-order valence-electron chi connectivity index (χ4n) is 2.86. The number of nitrogens with zero attached hydrogens (tertiary/aromatic N) is 3. The average molecular weight is 354 g/mol. The molecule has 3 aromatic rings. The van der Waals surface area contributed by atoms with Crippen LogP contribution in [0.2, 0.25) is 0 Å². The van der Waals surface area contributed by atoms with E-state index in [9.17, 15) is 4.79 Å². The SMILES string of the molecule is COc1ccc(-n2ncc([C@@H](C)NC(=O)Cc3cc(C)no3)c2C)cc1. The van der Waals surface area contributed by atoms with E-state index in [1.54, 1.807) is 19.4 Å². The van der Waals surface area contributed by atoms with E-state index >= 15 is 0 Å². The molecule has 0 fully saturated rings. The number of aromatic nitrogens is 3. The van der Waals surface area contributed by atoms with Gasteiger partial charge >= 0.3 is 0 Å². The van der Waals surface area contributed by atoms with Crippen molar-refractivity contribution in [1.29, 1.82) is 0 Å². The van der Waals surface area contributed by atoms with Crippen molar-refractivity contribution in [2.75, 3.05) is 7.11 Å².